The number of methoxy groups -OCH3 is 1. The molecule has 10 heteroatoms. The fourth-order valence-electron chi connectivity index (χ4n) is 4.31. The highest BCUT2D eigenvalue weighted by Crippen LogP contribution is 2.29. The van der Waals surface area contributed by atoms with Gasteiger partial charge in [-0.2, -0.15) is 4.31 Å². The van der Waals surface area contributed by atoms with Crippen molar-refractivity contribution < 1.29 is 22.7 Å². The third kappa shape index (κ3) is 5.18. The molecule has 0 bridgehead atoms. The highest BCUT2D eigenvalue weighted by molar-refractivity contribution is 7.89. The summed E-state index contributed by atoms with van der Waals surface area (Å²) in [5.74, 6) is -0.480. The molecule has 2 saturated heterocycles. The Balaban J connectivity index is 1.36. The Kier molecular flexibility index (Phi) is 7.38. The number of rotatable bonds is 7. The molecule has 34 heavy (non-hydrogen) atoms. The number of ether oxygens (including phenoxy) is 1. The zero-order chi connectivity index (χ0) is 24.1. The minimum Gasteiger partial charge on any atom is -0.495 e. The highest BCUT2D eigenvalue weighted by atomic mass is 32.2. The summed E-state index contributed by atoms with van der Waals surface area (Å²) in [6, 6.07) is 14.3. The van der Waals surface area contributed by atoms with Gasteiger partial charge in [-0.3, -0.25) is 9.59 Å². The van der Waals surface area contributed by atoms with E-state index in [4.69, 9.17) is 4.74 Å². The lowest BCUT2D eigenvalue weighted by Gasteiger charge is -2.36. The van der Waals surface area contributed by atoms with E-state index >= 15 is 0 Å². The molecule has 2 fully saturated rings. The van der Waals surface area contributed by atoms with E-state index < -0.39 is 15.9 Å². The van der Waals surface area contributed by atoms with Crippen molar-refractivity contribution in [2.24, 2.45) is 0 Å². The van der Waals surface area contributed by atoms with Crippen molar-refractivity contribution in [1.82, 2.24) is 14.5 Å². The average molecular weight is 487 g/mol. The van der Waals surface area contributed by atoms with E-state index in [0.29, 0.717) is 26.2 Å². The van der Waals surface area contributed by atoms with Crippen molar-refractivity contribution in [2.75, 3.05) is 57.8 Å². The Bertz CT molecular complexity index is 1130. The van der Waals surface area contributed by atoms with Gasteiger partial charge in [0.15, 0.2) is 0 Å². The molecule has 2 heterocycles. The smallest absolute Gasteiger partial charge is 0.251 e. The number of nitrogens with zero attached hydrogens (tertiary/aromatic N) is 3. The van der Waals surface area contributed by atoms with E-state index in [9.17, 15) is 18.0 Å². The Morgan fingerprint density at radius 2 is 1.62 bits per heavy atom. The fraction of sp³-hybridized carbons (Fsp3) is 0.417. The van der Waals surface area contributed by atoms with Crippen molar-refractivity contribution in [3.63, 3.8) is 0 Å². The number of hydrogen-bond acceptors (Lipinski definition) is 6. The molecular weight excluding hydrogens is 456 g/mol. The van der Waals surface area contributed by atoms with Gasteiger partial charge in [-0.1, -0.05) is 18.2 Å². The molecule has 2 aromatic carbocycles. The topological polar surface area (TPSA) is 99.3 Å². The van der Waals surface area contributed by atoms with Crippen LogP contribution < -0.4 is 15.0 Å². The van der Waals surface area contributed by atoms with Gasteiger partial charge in [0.1, 0.15) is 10.6 Å². The summed E-state index contributed by atoms with van der Waals surface area (Å²) in [6.45, 7) is 3.35. The number of benzene rings is 2. The number of anilines is 1. The molecule has 182 valence electrons. The van der Waals surface area contributed by atoms with Gasteiger partial charge in [0.2, 0.25) is 15.9 Å². The third-order valence-electron chi connectivity index (χ3n) is 6.26. The maximum atomic E-state index is 13.0. The lowest BCUT2D eigenvalue weighted by molar-refractivity contribution is -0.130. The van der Waals surface area contributed by atoms with Gasteiger partial charge in [0, 0.05) is 50.5 Å². The normalized spacial score (nSPS) is 17.0. The minimum atomic E-state index is -3.77. The van der Waals surface area contributed by atoms with Crippen LogP contribution in [-0.4, -0.2) is 82.4 Å². The minimum absolute atomic E-state index is 0.0343. The number of carbonyl (C=O) groups excluding carboxylic acids is 2. The summed E-state index contributed by atoms with van der Waals surface area (Å²) >= 11 is 0. The third-order valence-corrected chi connectivity index (χ3v) is 8.18. The number of amides is 2. The molecule has 0 aromatic heterocycles. The SMILES string of the molecule is COc1ccc(C(=O)NCC(=O)N2CCN(c3ccccc3)CC2)cc1S(=O)(=O)N1CCCC1. The molecule has 0 unspecified atom stereocenters. The van der Waals surface area contributed by atoms with Gasteiger partial charge in [-0.05, 0) is 43.2 Å². The summed E-state index contributed by atoms with van der Waals surface area (Å²) in [6.07, 6.45) is 1.62. The second kappa shape index (κ2) is 10.4. The Hall–Kier alpha value is -3.11. The van der Waals surface area contributed by atoms with Crippen LogP contribution in [0.3, 0.4) is 0 Å². The molecular formula is C24H30N4O5S. The zero-order valence-electron chi connectivity index (χ0n) is 19.3. The van der Waals surface area contributed by atoms with Crippen molar-refractivity contribution >= 4 is 27.5 Å². The van der Waals surface area contributed by atoms with E-state index in [2.05, 4.69) is 10.2 Å². The lowest BCUT2D eigenvalue weighted by Crippen LogP contribution is -2.51. The first kappa shape index (κ1) is 24.0. The summed E-state index contributed by atoms with van der Waals surface area (Å²) in [7, 11) is -2.37. The van der Waals surface area contributed by atoms with Crippen molar-refractivity contribution in [3.05, 3.63) is 54.1 Å². The maximum absolute atomic E-state index is 13.0. The fourth-order valence-corrected chi connectivity index (χ4v) is 6.01. The summed E-state index contributed by atoms with van der Waals surface area (Å²) in [5, 5.41) is 2.63. The van der Waals surface area contributed by atoms with Crippen molar-refractivity contribution in [2.45, 2.75) is 17.7 Å². The van der Waals surface area contributed by atoms with Gasteiger partial charge in [-0.15, -0.1) is 0 Å². The molecule has 0 radical (unpaired) electrons. The molecule has 1 N–H and O–H groups in total. The molecule has 2 aliphatic heterocycles. The second-order valence-corrected chi connectivity index (χ2v) is 10.3. The second-order valence-electron chi connectivity index (χ2n) is 8.36. The van der Waals surface area contributed by atoms with Gasteiger partial charge >= 0.3 is 0 Å². The van der Waals surface area contributed by atoms with Crippen LogP contribution in [0.15, 0.2) is 53.4 Å². The van der Waals surface area contributed by atoms with Crippen LogP contribution in [0.2, 0.25) is 0 Å². The van der Waals surface area contributed by atoms with Gasteiger partial charge in [0.25, 0.3) is 5.91 Å². The van der Waals surface area contributed by atoms with E-state index in [1.54, 1.807) is 4.90 Å². The van der Waals surface area contributed by atoms with E-state index in [-0.39, 0.29) is 28.7 Å². The Morgan fingerprint density at radius 3 is 2.26 bits per heavy atom. The van der Waals surface area contributed by atoms with Gasteiger partial charge in [0.05, 0.1) is 13.7 Å². The van der Waals surface area contributed by atoms with Gasteiger partial charge in [-0.25, -0.2) is 8.42 Å². The first-order chi connectivity index (χ1) is 16.4. The molecule has 0 aliphatic carbocycles. The molecule has 2 aliphatic rings. The first-order valence-corrected chi connectivity index (χ1v) is 12.9. The molecule has 0 saturated carbocycles. The molecule has 2 amide bonds. The van der Waals surface area contributed by atoms with Gasteiger partial charge < -0.3 is 19.9 Å². The van der Waals surface area contributed by atoms with Crippen LogP contribution >= 0.6 is 0 Å². The molecule has 2 aromatic rings. The van der Waals surface area contributed by atoms with E-state index in [1.807, 2.05) is 30.3 Å². The summed E-state index contributed by atoms with van der Waals surface area (Å²) in [5.41, 5.74) is 1.29. The zero-order valence-corrected chi connectivity index (χ0v) is 20.1. The highest BCUT2D eigenvalue weighted by Gasteiger charge is 2.31. The summed E-state index contributed by atoms with van der Waals surface area (Å²) in [4.78, 5) is 29.3. The average Bonchev–Trinajstić information content (AvgIpc) is 3.43. The molecule has 4 rings (SSSR count). The lowest BCUT2D eigenvalue weighted by atomic mass is 10.2. The Labute approximate surface area is 200 Å². The quantitative estimate of drug-likeness (QED) is 0.638. The van der Waals surface area contributed by atoms with Crippen molar-refractivity contribution in [1.29, 1.82) is 0 Å². The maximum Gasteiger partial charge on any atom is 0.251 e. The van der Waals surface area contributed by atoms with E-state index in [1.165, 1.54) is 29.6 Å². The summed E-state index contributed by atoms with van der Waals surface area (Å²) < 4.78 is 32.7. The van der Waals surface area contributed by atoms with Crippen LogP contribution in [0.5, 0.6) is 5.75 Å². The standard InChI is InChI=1S/C24H30N4O5S/c1-33-21-10-9-19(17-22(21)34(31,32)28-11-5-6-12-28)24(30)25-18-23(29)27-15-13-26(14-16-27)20-7-3-2-4-8-20/h2-4,7-10,17H,5-6,11-16,18H2,1H3,(H,25,30). The van der Waals surface area contributed by atoms with Crippen LogP contribution in [0, 0.1) is 0 Å². The van der Waals surface area contributed by atoms with E-state index in [0.717, 1.165) is 31.6 Å². The number of piperazine rings is 1. The molecule has 0 atom stereocenters. The predicted octanol–water partition coefficient (Wildman–Crippen LogP) is 1.56. The Morgan fingerprint density at radius 1 is 0.941 bits per heavy atom. The number of para-hydroxylation sites is 1. The first-order valence-electron chi connectivity index (χ1n) is 11.4. The van der Waals surface area contributed by atoms with Crippen molar-refractivity contribution in [3.8, 4) is 5.75 Å². The number of carbonyl (C=O) groups is 2. The van der Waals surface area contributed by atoms with Crippen LogP contribution in [-0.2, 0) is 14.8 Å². The molecule has 0 spiro atoms. The number of sulfonamides is 1. The number of hydrogen-bond donors (Lipinski definition) is 1. The molecule has 9 nitrogen and oxygen atoms in total. The predicted molar refractivity (Wildman–Crippen MR) is 129 cm³/mol. The van der Waals surface area contributed by atoms with Crippen LogP contribution in [0.4, 0.5) is 5.69 Å². The monoisotopic (exact) mass is 486 g/mol. The largest absolute Gasteiger partial charge is 0.495 e. The van der Waals surface area contributed by atoms with Crippen LogP contribution in [0.1, 0.15) is 23.2 Å². The number of nitrogens with one attached hydrogen (secondary N) is 1. The van der Waals surface area contributed by atoms with Crippen LogP contribution in [0.25, 0.3) is 0 Å².